The van der Waals surface area contributed by atoms with Gasteiger partial charge in [-0.3, -0.25) is 9.59 Å². The van der Waals surface area contributed by atoms with Crippen LogP contribution in [0.2, 0.25) is 0 Å². The molecule has 5 heteroatoms. The monoisotopic (exact) mass is 355 g/mol. The summed E-state index contributed by atoms with van der Waals surface area (Å²) in [5, 5.41) is 12.2. The molecular weight excluding hydrogens is 330 g/mol. The largest absolute Gasteiger partial charge is 0.496 e. The molecule has 138 valence electrons. The van der Waals surface area contributed by atoms with Gasteiger partial charge in [0.2, 0.25) is 5.91 Å². The van der Waals surface area contributed by atoms with E-state index in [9.17, 15) is 14.7 Å². The summed E-state index contributed by atoms with van der Waals surface area (Å²) in [5.41, 5.74) is 1.74. The smallest absolute Gasteiger partial charge is 0.312 e. The molecule has 0 aliphatic carbocycles. The lowest BCUT2D eigenvalue weighted by atomic mass is 9.96. The van der Waals surface area contributed by atoms with Crippen LogP contribution in [0.25, 0.3) is 0 Å². The molecule has 2 N–H and O–H groups in total. The molecule has 1 amide bonds. The predicted octanol–water partition coefficient (Wildman–Crippen LogP) is 3.25. The van der Waals surface area contributed by atoms with Crippen molar-refractivity contribution in [3.05, 3.63) is 65.7 Å². The molecule has 2 rings (SSSR count). The Bertz CT molecular complexity index is 730. The molecule has 2 atom stereocenters. The number of methoxy groups -OCH3 is 1. The average Bonchev–Trinajstić information content (AvgIpc) is 2.62. The highest BCUT2D eigenvalue weighted by atomic mass is 16.5. The van der Waals surface area contributed by atoms with Crippen molar-refractivity contribution in [3.8, 4) is 5.75 Å². The van der Waals surface area contributed by atoms with Crippen LogP contribution in [0, 0.1) is 5.92 Å². The number of ether oxygens (including phenoxy) is 1. The van der Waals surface area contributed by atoms with E-state index in [4.69, 9.17) is 4.74 Å². The number of carboxylic acid groups (broad SMARTS) is 1. The number of hydrogen-bond acceptors (Lipinski definition) is 3. The maximum Gasteiger partial charge on any atom is 0.312 e. The lowest BCUT2D eigenvalue weighted by Crippen LogP contribution is -2.32. The van der Waals surface area contributed by atoms with Crippen LogP contribution in [-0.4, -0.2) is 30.6 Å². The second-order valence-electron chi connectivity index (χ2n) is 6.43. The van der Waals surface area contributed by atoms with Crippen LogP contribution in [0.15, 0.2) is 54.6 Å². The summed E-state index contributed by atoms with van der Waals surface area (Å²) in [4.78, 5) is 23.7. The number of hydrogen-bond donors (Lipinski definition) is 2. The highest BCUT2D eigenvalue weighted by Gasteiger charge is 2.21. The summed E-state index contributed by atoms with van der Waals surface area (Å²) < 4.78 is 5.34. The fourth-order valence-electron chi connectivity index (χ4n) is 2.96. The Kier molecular flexibility index (Phi) is 7.21. The lowest BCUT2D eigenvalue weighted by Gasteiger charge is -2.16. The highest BCUT2D eigenvalue weighted by molar-refractivity contribution is 5.80. The average molecular weight is 355 g/mol. The van der Waals surface area contributed by atoms with Crippen LogP contribution >= 0.6 is 0 Å². The zero-order valence-electron chi connectivity index (χ0n) is 15.1. The SMILES string of the molecule is COc1ccccc1CC(C)CC(=O)NCC(C(=O)O)c1ccccc1. The molecule has 0 saturated heterocycles. The van der Waals surface area contributed by atoms with E-state index in [1.54, 1.807) is 31.4 Å². The van der Waals surface area contributed by atoms with E-state index >= 15 is 0 Å². The molecule has 0 bridgehead atoms. The Balaban J connectivity index is 1.88. The number of rotatable bonds is 9. The van der Waals surface area contributed by atoms with Crippen molar-refractivity contribution in [1.82, 2.24) is 5.32 Å². The number of nitrogens with one attached hydrogen (secondary N) is 1. The third-order valence-electron chi connectivity index (χ3n) is 4.30. The topological polar surface area (TPSA) is 75.6 Å². The fraction of sp³-hybridized carbons (Fsp3) is 0.333. The van der Waals surface area contributed by atoms with Gasteiger partial charge in [-0.25, -0.2) is 0 Å². The van der Waals surface area contributed by atoms with Crippen LogP contribution in [0.4, 0.5) is 0 Å². The molecule has 0 aliphatic heterocycles. The minimum atomic E-state index is -0.946. The number of aliphatic carboxylic acids is 1. The van der Waals surface area contributed by atoms with Crippen LogP contribution in [0.3, 0.4) is 0 Å². The molecule has 0 saturated carbocycles. The van der Waals surface area contributed by atoms with Crippen molar-refractivity contribution in [2.45, 2.75) is 25.7 Å². The Morgan fingerprint density at radius 1 is 1.08 bits per heavy atom. The number of carbonyl (C=O) groups is 2. The van der Waals surface area contributed by atoms with Gasteiger partial charge in [0.25, 0.3) is 0 Å². The highest BCUT2D eigenvalue weighted by Crippen LogP contribution is 2.22. The number of carboxylic acids is 1. The van der Waals surface area contributed by atoms with Crippen LogP contribution in [-0.2, 0) is 16.0 Å². The lowest BCUT2D eigenvalue weighted by molar-refractivity contribution is -0.138. The van der Waals surface area contributed by atoms with E-state index in [0.29, 0.717) is 12.0 Å². The van der Waals surface area contributed by atoms with Crippen LogP contribution in [0.1, 0.15) is 30.4 Å². The van der Waals surface area contributed by atoms with Gasteiger partial charge in [0.15, 0.2) is 0 Å². The molecular formula is C21H25NO4. The van der Waals surface area contributed by atoms with E-state index in [1.165, 1.54) is 0 Å². The predicted molar refractivity (Wildman–Crippen MR) is 100 cm³/mol. The van der Waals surface area contributed by atoms with E-state index < -0.39 is 11.9 Å². The van der Waals surface area contributed by atoms with E-state index in [1.807, 2.05) is 37.3 Å². The van der Waals surface area contributed by atoms with Gasteiger partial charge in [-0.1, -0.05) is 55.5 Å². The molecule has 0 spiro atoms. The van der Waals surface area contributed by atoms with Crippen molar-refractivity contribution in [2.24, 2.45) is 5.92 Å². The van der Waals surface area contributed by atoms with Gasteiger partial charge in [-0.15, -0.1) is 0 Å². The minimum absolute atomic E-state index is 0.0829. The van der Waals surface area contributed by atoms with Crippen LogP contribution in [0.5, 0.6) is 5.75 Å². The number of benzene rings is 2. The maximum absolute atomic E-state index is 12.2. The molecule has 2 unspecified atom stereocenters. The quantitative estimate of drug-likeness (QED) is 0.724. The van der Waals surface area contributed by atoms with E-state index in [2.05, 4.69) is 5.32 Å². The summed E-state index contributed by atoms with van der Waals surface area (Å²) in [6.45, 7) is 2.08. The number of amides is 1. The fourth-order valence-corrected chi connectivity index (χ4v) is 2.96. The first-order chi connectivity index (χ1) is 12.5. The van der Waals surface area contributed by atoms with Gasteiger partial charge in [-0.2, -0.15) is 0 Å². The first-order valence-electron chi connectivity index (χ1n) is 8.67. The number of carbonyl (C=O) groups excluding carboxylic acids is 1. The number of para-hydroxylation sites is 1. The van der Waals surface area contributed by atoms with E-state index in [-0.39, 0.29) is 18.4 Å². The summed E-state index contributed by atoms with van der Waals surface area (Å²) in [7, 11) is 1.63. The maximum atomic E-state index is 12.2. The standard InChI is InChI=1S/C21H25NO4/c1-15(12-17-10-6-7-11-19(17)26-2)13-20(23)22-14-18(21(24)25)16-8-4-3-5-9-16/h3-11,15,18H,12-14H2,1-2H3,(H,22,23)(H,24,25). The Morgan fingerprint density at radius 3 is 2.38 bits per heavy atom. The molecule has 0 aromatic heterocycles. The molecule has 5 nitrogen and oxygen atoms in total. The Labute approximate surface area is 154 Å². The van der Waals surface area contributed by atoms with Crippen LogP contribution < -0.4 is 10.1 Å². The van der Waals surface area contributed by atoms with Gasteiger partial charge in [-0.05, 0) is 29.5 Å². The van der Waals surface area contributed by atoms with Gasteiger partial charge in [0, 0.05) is 13.0 Å². The summed E-state index contributed by atoms with van der Waals surface area (Å²) in [5.74, 6) is -0.904. The van der Waals surface area contributed by atoms with Crippen molar-refractivity contribution in [3.63, 3.8) is 0 Å². The molecule has 2 aromatic rings. The molecule has 0 heterocycles. The van der Waals surface area contributed by atoms with Gasteiger partial charge >= 0.3 is 5.97 Å². The molecule has 2 aromatic carbocycles. The second kappa shape index (κ2) is 9.61. The first-order valence-corrected chi connectivity index (χ1v) is 8.67. The normalized spacial score (nSPS) is 12.8. The molecule has 0 fully saturated rings. The first kappa shape index (κ1) is 19.5. The third-order valence-corrected chi connectivity index (χ3v) is 4.30. The molecule has 0 radical (unpaired) electrons. The van der Waals surface area contributed by atoms with Gasteiger partial charge < -0.3 is 15.2 Å². The van der Waals surface area contributed by atoms with Crippen molar-refractivity contribution < 1.29 is 19.4 Å². The zero-order chi connectivity index (χ0) is 18.9. The van der Waals surface area contributed by atoms with Crippen molar-refractivity contribution >= 4 is 11.9 Å². The molecule has 26 heavy (non-hydrogen) atoms. The zero-order valence-corrected chi connectivity index (χ0v) is 15.1. The summed E-state index contributed by atoms with van der Waals surface area (Å²) in [6.07, 6.45) is 1.05. The Morgan fingerprint density at radius 2 is 1.73 bits per heavy atom. The third kappa shape index (κ3) is 5.62. The summed E-state index contributed by atoms with van der Waals surface area (Å²) in [6, 6.07) is 16.7. The minimum Gasteiger partial charge on any atom is -0.496 e. The second-order valence-corrected chi connectivity index (χ2v) is 6.43. The van der Waals surface area contributed by atoms with E-state index in [0.717, 1.165) is 17.7 Å². The van der Waals surface area contributed by atoms with Gasteiger partial charge in [0.1, 0.15) is 5.75 Å². The molecule has 0 aliphatic rings. The summed E-state index contributed by atoms with van der Waals surface area (Å²) >= 11 is 0. The van der Waals surface area contributed by atoms with Gasteiger partial charge in [0.05, 0.1) is 13.0 Å². The Hall–Kier alpha value is -2.82. The van der Waals surface area contributed by atoms with Crippen molar-refractivity contribution in [1.29, 1.82) is 0 Å². The van der Waals surface area contributed by atoms with Crippen molar-refractivity contribution in [2.75, 3.05) is 13.7 Å².